The van der Waals surface area contributed by atoms with Gasteiger partial charge in [0.15, 0.2) is 5.13 Å². The minimum absolute atomic E-state index is 0.153. The van der Waals surface area contributed by atoms with Crippen molar-refractivity contribution in [2.75, 3.05) is 18.0 Å². The third kappa shape index (κ3) is 4.64. The summed E-state index contributed by atoms with van der Waals surface area (Å²) in [7, 11) is 0. The fraction of sp³-hybridized carbons (Fsp3) is 0.692. The van der Waals surface area contributed by atoms with Crippen LogP contribution in [0, 0.1) is 5.92 Å². The van der Waals surface area contributed by atoms with Gasteiger partial charge in [-0.3, -0.25) is 4.79 Å². The van der Waals surface area contributed by atoms with Gasteiger partial charge < -0.3 is 10.0 Å². The number of aryl methyl sites for hydroxylation is 1. The molecule has 0 amide bonds. The summed E-state index contributed by atoms with van der Waals surface area (Å²) in [6.07, 6.45) is 1.83. The standard InChI is InChI=1S/C13H22N2O2S/c1-4-10(3)8-15(5-2)13-14-11(9-18-13)6-7-12(16)17/h9-10H,4-8H2,1-3H3,(H,16,17). The summed E-state index contributed by atoms with van der Waals surface area (Å²) in [5.74, 6) is -0.118. The predicted molar refractivity (Wildman–Crippen MR) is 75.4 cm³/mol. The zero-order valence-electron chi connectivity index (χ0n) is 11.3. The molecule has 0 saturated heterocycles. The van der Waals surface area contributed by atoms with Crippen molar-refractivity contribution in [2.45, 2.75) is 40.0 Å². The van der Waals surface area contributed by atoms with E-state index in [1.807, 2.05) is 5.38 Å². The lowest BCUT2D eigenvalue weighted by Crippen LogP contribution is -2.27. The van der Waals surface area contributed by atoms with Crippen molar-refractivity contribution in [1.82, 2.24) is 4.98 Å². The van der Waals surface area contributed by atoms with Gasteiger partial charge in [-0.25, -0.2) is 4.98 Å². The summed E-state index contributed by atoms with van der Waals surface area (Å²) in [6, 6.07) is 0. The fourth-order valence-corrected chi connectivity index (χ4v) is 2.57. The van der Waals surface area contributed by atoms with Gasteiger partial charge in [-0.05, 0) is 12.8 Å². The van der Waals surface area contributed by atoms with Crippen LogP contribution in [0.25, 0.3) is 0 Å². The molecule has 1 aromatic rings. The molecular weight excluding hydrogens is 248 g/mol. The van der Waals surface area contributed by atoms with Crippen LogP contribution in [0.3, 0.4) is 0 Å². The summed E-state index contributed by atoms with van der Waals surface area (Å²) < 4.78 is 0. The number of carboxylic acids is 1. The molecule has 5 heteroatoms. The highest BCUT2D eigenvalue weighted by molar-refractivity contribution is 7.13. The number of thiazole rings is 1. The SMILES string of the molecule is CCC(C)CN(CC)c1nc(CCC(=O)O)cs1. The molecule has 1 aromatic heterocycles. The molecule has 0 aliphatic rings. The molecule has 1 unspecified atom stereocenters. The van der Waals surface area contributed by atoms with Crippen LogP contribution in [0.4, 0.5) is 5.13 Å². The van der Waals surface area contributed by atoms with Gasteiger partial charge in [0.25, 0.3) is 0 Å². The van der Waals surface area contributed by atoms with Gasteiger partial charge >= 0.3 is 5.97 Å². The molecular formula is C13H22N2O2S. The molecule has 1 rings (SSSR count). The molecule has 102 valence electrons. The first-order valence-electron chi connectivity index (χ1n) is 6.47. The molecule has 1 N–H and O–H groups in total. The monoisotopic (exact) mass is 270 g/mol. The van der Waals surface area contributed by atoms with Gasteiger partial charge in [0.05, 0.1) is 12.1 Å². The Balaban J connectivity index is 2.61. The molecule has 1 atom stereocenters. The van der Waals surface area contributed by atoms with Crippen molar-refractivity contribution in [3.63, 3.8) is 0 Å². The third-order valence-corrected chi connectivity index (χ3v) is 3.97. The maximum atomic E-state index is 10.5. The van der Waals surface area contributed by atoms with Crippen molar-refractivity contribution in [3.8, 4) is 0 Å². The van der Waals surface area contributed by atoms with E-state index in [2.05, 4.69) is 30.7 Å². The summed E-state index contributed by atoms with van der Waals surface area (Å²) in [4.78, 5) is 17.3. The van der Waals surface area contributed by atoms with E-state index in [1.165, 1.54) is 0 Å². The summed E-state index contributed by atoms with van der Waals surface area (Å²) >= 11 is 1.61. The number of anilines is 1. The van der Waals surface area contributed by atoms with Crippen molar-refractivity contribution in [3.05, 3.63) is 11.1 Å². The van der Waals surface area contributed by atoms with Gasteiger partial charge in [0.1, 0.15) is 0 Å². The molecule has 0 radical (unpaired) electrons. The maximum Gasteiger partial charge on any atom is 0.303 e. The highest BCUT2D eigenvalue weighted by Gasteiger charge is 2.12. The first-order valence-corrected chi connectivity index (χ1v) is 7.35. The number of carboxylic acid groups (broad SMARTS) is 1. The van der Waals surface area contributed by atoms with Crippen molar-refractivity contribution in [1.29, 1.82) is 0 Å². The minimum atomic E-state index is -0.767. The minimum Gasteiger partial charge on any atom is -0.481 e. The number of aliphatic carboxylic acids is 1. The van der Waals surface area contributed by atoms with Crippen LogP contribution in [-0.4, -0.2) is 29.1 Å². The number of aromatic nitrogens is 1. The second kappa shape index (κ2) is 7.36. The maximum absolute atomic E-state index is 10.5. The van der Waals surface area contributed by atoms with E-state index >= 15 is 0 Å². The molecule has 0 fully saturated rings. The van der Waals surface area contributed by atoms with Crippen LogP contribution in [0.1, 0.15) is 39.3 Å². The van der Waals surface area contributed by atoms with Gasteiger partial charge in [0.2, 0.25) is 0 Å². The molecule has 18 heavy (non-hydrogen) atoms. The lowest BCUT2D eigenvalue weighted by molar-refractivity contribution is -0.136. The second-order valence-electron chi connectivity index (χ2n) is 4.57. The average Bonchev–Trinajstić information content (AvgIpc) is 2.81. The van der Waals surface area contributed by atoms with Crippen molar-refractivity contribution < 1.29 is 9.90 Å². The van der Waals surface area contributed by atoms with Gasteiger partial charge in [0, 0.05) is 24.9 Å². The molecule has 0 aliphatic carbocycles. The quantitative estimate of drug-likeness (QED) is 0.789. The summed E-state index contributed by atoms with van der Waals surface area (Å²) in [5, 5.41) is 11.6. The average molecular weight is 270 g/mol. The van der Waals surface area contributed by atoms with E-state index in [4.69, 9.17) is 5.11 Å². The molecule has 0 spiro atoms. The first-order chi connectivity index (χ1) is 8.56. The Morgan fingerprint density at radius 2 is 2.28 bits per heavy atom. The molecule has 0 aliphatic heterocycles. The molecule has 0 aromatic carbocycles. The van der Waals surface area contributed by atoms with Gasteiger partial charge in [-0.1, -0.05) is 20.3 Å². The molecule has 0 saturated carbocycles. The lowest BCUT2D eigenvalue weighted by Gasteiger charge is -2.23. The smallest absolute Gasteiger partial charge is 0.303 e. The third-order valence-electron chi connectivity index (χ3n) is 3.02. The van der Waals surface area contributed by atoms with Crippen LogP contribution in [0.15, 0.2) is 5.38 Å². The zero-order valence-corrected chi connectivity index (χ0v) is 12.2. The highest BCUT2D eigenvalue weighted by atomic mass is 32.1. The van der Waals surface area contributed by atoms with Crippen LogP contribution in [-0.2, 0) is 11.2 Å². The van der Waals surface area contributed by atoms with E-state index in [0.717, 1.165) is 30.3 Å². The van der Waals surface area contributed by atoms with Crippen LogP contribution < -0.4 is 4.90 Å². The number of hydrogen-bond acceptors (Lipinski definition) is 4. The Hall–Kier alpha value is -1.10. The van der Waals surface area contributed by atoms with E-state index in [-0.39, 0.29) is 6.42 Å². The zero-order chi connectivity index (χ0) is 13.5. The van der Waals surface area contributed by atoms with E-state index in [9.17, 15) is 4.79 Å². The molecule has 1 heterocycles. The van der Waals surface area contributed by atoms with E-state index in [1.54, 1.807) is 11.3 Å². The highest BCUT2D eigenvalue weighted by Crippen LogP contribution is 2.22. The Morgan fingerprint density at radius 3 is 2.83 bits per heavy atom. The molecule has 0 bridgehead atoms. The number of carbonyl (C=O) groups is 1. The van der Waals surface area contributed by atoms with Crippen LogP contribution >= 0.6 is 11.3 Å². The topological polar surface area (TPSA) is 53.4 Å². The Morgan fingerprint density at radius 1 is 1.56 bits per heavy atom. The summed E-state index contributed by atoms with van der Waals surface area (Å²) in [6.45, 7) is 8.51. The Bertz CT molecular complexity index is 379. The Kier molecular flexibility index (Phi) is 6.12. The van der Waals surface area contributed by atoms with Crippen molar-refractivity contribution in [2.24, 2.45) is 5.92 Å². The van der Waals surface area contributed by atoms with Crippen LogP contribution in [0.2, 0.25) is 0 Å². The van der Waals surface area contributed by atoms with Crippen molar-refractivity contribution >= 4 is 22.4 Å². The first kappa shape index (κ1) is 15.0. The van der Waals surface area contributed by atoms with Crippen LogP contribution in [0.5, 0.6) is 0 Å². The number of hydrogen-bond donors (Lipinski definition) is 1. The predicted octanol–water partition coefficient (Wildman–Crippen LogP) is 3.03. The van der Waals surface area contributed by atoms with Gasteiger partial charge in [-0.2, -0.15) is 0 Å². The Labute approximate surface area is 113 Å². The molecule has 4 nitrogen and oxygen atoms in total. The summed E-state index contributed by atoms with van der Waals surface area (Å²) in [5.41, 5.74) is 0.889. The fourth-order valence-electron chi connectivity index (χ4n) is 1.64. The largest absolute Gasteiger partial charge is 0.481 e. The normalized spacial score (nSPS) is 12.4. The van der Waals surface area contributed by atoms with E-state index < -0.39 is 5.97 Å². The number of rotatable bonds is 8. The second-order valence-corrected chi connectivity index (χ2v) is 5.40. The lowest BCUT2D eigenvalue weighted by atomic mass is 10.1. The van der Waals surface area contributed by atoms with Gasteiger partial charge in [-0.15, -0.1) is 11.3 Å². The van der Waals surface area contributed by atoms with E-state index in [0.29, 0.717) is 12.3 Å². The number of nitrogens with zero attached hydrogens (tertiary/aromatic N) is 2.